The van der Waals surface area contributed by atoms with Gasteiger partial charge < -0.3 is 0 Å². The predicted octanol–water partition coefficient (Wildman–Crippen LogP) is 3.61. The molecule has 0 aliphatic heterocycles. The van der Waals surface area contributed by atoms with Gasteiger partial charge in [0.25, 0.3) is 0 Å². The van der Waals surface area contributed by atoms with Gasteiger partial charge in [0.15, 0.2) is 0 Å². The maximum atomic E-state index is 5.77. The van der Waals surface area contributed by atoms with Crippen molar-refractivity contribution < 1.29 is 0 Å². The molecule has 0 spiro atoms. The van der Waals surface area contributed by atoms with Crippen molar-refractivity contribution in [1.29, 1.82) is 0 Å². The fourth-order valence-corrected chi connectivity index (χ4v) is 3.89. The summed E-state index contributed by atoms with van der Waals surface area (Å²) in [6.45, 7) is 0. The van der Waals surface area contributed by atoms with Crippen LogP contribution in [0.3, 0.4) is 0 Å². The first kappa shape index (κ1) is 12.7. The molecule has 5 heteroatoms. The van der Waals surface area contributed by atoms with Crippen LogP contribution in [0.25, 0.3) is 10.8 Å². The van der Waals surface area contributed by atoms with Gasteiger partial charge in [0.05, 0.1) is 6.04 Å². The quantitative estimate of drug-likeness (QED) is 0.568. The van der Waals surface area contributed by atoms with E-state index >= 15 is 0 Å². The van der Waals surface area contributed by atoms with E-state index in [0.29, 0.717) is 0 Å². The maximum Gasteiger partial charge on any atom is 0.0820 e. The molecule has 2 heterocycles. The Hall–Kier alpha value is -1.27. The Balaban J connectivity index is 2.20. The first-order chi connectivity index (χ1) is 9.31. The molecule has 3 aromatic rings. The second-order valence-corrected chi connectivity index (χ2v) is 5.98. The Morgan fingerprint density at radius 3 is 2.89 bits per heavy atom. The molecule has 3 rings (SSSR count). The van der Waals surface area contributed by atoms with Crippen molar-refractivity contribution >= 4 is 38.0 Å². The summed E-state index contributed by atoms with van der Waals surface area (Å²) in [5.41, 5.74) is 4.04. The molecule has 3 nitrogen and oxygen atoms in total. The number of pyridine rings is 1. The molecule has 0 amide bonds. The summed E-state index contributed by atoms with van der Waals surface area (Å²) >= 11 is 5.24. The Kier molecular flexibility index (Phi) is 3.61. The summed E-state index contributed by atoms with van der Waals surface area (Å²) in [6, 6.07) is 10.2. The minimum Gasteiger partial charge on any atom is -0.271 e. The van der Waals surface area contributed by atoms with Crippen molar-refractivity contribution in [3.05, 3.63) is 63.0 Å². The fraction of sp³-hybridized carbons (Fsp3) is 0.0714. The van der Waals surface area contributed by atoms with Crippen LogP contribution < -0.4 is 11.3 Å². The molecular weight excluding hydrogens is 322 g/mol. The van der Waals surface area contributed by atoms with Crippen molar-refractivity contribution in [3.63, 3.8) is 0 Å². The number of fused-ring (bicyclic) bond motifs is 1. The van der Waals surface area contributed by atoms with Crippen LogP contribution in [0.1, 0.15) is 16.5 Å². The molecule has 0 bridgehead atoms. The van der Waals surface area contributed by atoms with Gasteiger partial charge in [-0.1, -0.05) is 18.2 Å². The van der Waals surface area contributed by atoms with Crippen molar-refractivity contribution in [2.24, 2.45) is 5.84 Å². The lowest BCUT2D eigenvalue weighted by atomic mass is 10.00. The van der Waals surface area contributed by atoms with Crippen LogP contribution in [-0.4, -0.2) is 4.98 Å². The van der Waals surface area contributed by atoms with Gasteiger partial charge in [0.2, 0.25) is 0 Å². The van der Waals surface area contributed by atoms with Gasteiger partial charge in [0.1, 0.15) is 0 Å². The Bertz CT molecular complexity index is 705. The zero-order chi connectivity index (χ0) is 13.2. The van der Waals surface area contributed by atoms with Crippen LogP contribution in [-0.2, 0) is 0 Å². The normalized spacial score (nSPS) is 12.7. The molecule has 0 fully saturated rings. The van der Waals surface area contributed by atoms with Crippen LogP contribution in [0.5, 0.6) is 0 Å². The summed E-state index contributed by atoms with van der Waals surface area (Å²) in [4.78, 5) is 5.38. The van der Waals surface area contributed by atoms with Gasteiger partial charge in [-0.05, 0) is 44.4 Å². The number of nitrogens with two attached hydrogens (primary N) is 1. The van der Waals surface area contributed by atoms with E-state index in [1.165, 1.54) is 10.3 Å². The lowest BCUT2D eigenvalue weighted by molar-refractivity contribution is 0.648. The molecule has 1 unspecified atom stereocenters. The zero-order valence-electron chi connectivity index (χ0n) is 10.0. The number of nitrogens with zero attached hydrogens (tertiary/aromatic N) is 1. The molecule has 2 aromatic heterocycles. The van der Waals surface area contributed by atoms with Crippen molar-refractivity contribution in [2.45, 2.75) is 6.04 Å². The molecule has 19 heavy (non-hydrogen) atoms. The third-order valence-electron chi connectivity index (χ3n) is 3.10. The number of halogens is 1. The number of benzene rings is 1. The molecule has 1 aromatic carbocycles. The van der Waals surface area contributed by atoms with E-state index < -0.39 is 0 Å². The molecule has 0 saturated carbocycles. The molecule has 0 saturated heterocycles. The van der Waals surface area contributed by atoms with Crippen LogP contribution in [0, 0.1) is 0 Å². The minimum atomic E-state index is -0.0396. The molecule has 0 radical (unpaired) electrons. The number of rotatable bonds is 3. The molecule has 1 atom stereocenters. The molecular formula is C14H12BrN3S. The van der Waals surface area contributed by atoms with E-state index in [9.17, 15) is 0 Å². The first-order valence-electron chi connectivity index (χ1n) is 5.83. The SMILES string of the molecule is NNC(c1sccc1Br)c1cccc2ccncc12. The van der Waals surface area contributed by atoms with Gasteiger partial charge in [-0.15, -0.1) is 11.3 Å². The summed E-state index contributed by atoms with van der Waals surface area (Å²) in [5, 5.41) is 4.33. The highest BCUT2D eigenvalue weighted by molar-refractivity contribution is 9.10. The second-order valence-electron chi connectivity index (χ2n) is 4.18. The average Bonchev–Trinajstić information content (AvgIpc) is 2.86. The third kappa shape index (κ3) is 2.30. The monoisotopic (exact) mass is 333 g/mol. The Morgan fingerprint density at radius 1 is 1.26 bits per heavy atom. The van der Waals surface area contributed by atoms with Crippen LogP contribution >= 0.6 is 27.3 Å². The predicted molar refractivity (Wildman–Crippen MR) is 82.9 cm³/mol. The summed E-state index contributed by atoms with van der Waals surface area (Å²) in [5.74, 6) is 5.77. The van der Waals surface area contributed by atoms with E-state index in [2.05, 4.69) is 38.5 Å². The second kappa shape index (κ2) is 5.38. The zero-order valence-corrected chi connectivity index (χ0v) is 12.4. The largest absolute Gasteiger partial charge is 0.271 e. The van der Waals surface area contributed by atoms with Gasteiger partial charge in [-0.25, -0.2) is 5.43 Å². The topological polar surface area (TPSA) is 50.9 Å². The van der Waals surface area contributed by atoms with Gasteiger partial charge in [-0.3, -0.25) is 10.8 Å². The number of hydrogen-bond donors (Lipinski definition) is 2. The molecule has 96 valence electrons. The van der Waals surface area contributed by atoms with E-state index in [1.807, 2.05) is 29.8 Å². The van der Waals surface area contributed by atoms with Gasteiger partial charge >= 0.3 is 0 Å². The van der Waals surface area contributed by atoms with Crippen LogP contribution in [0.4, 0.5) is 0 Å². The van der Waals surface area contributed by atoms with E-state index in [0.717, 1.165) is 15.4 Å². The lowest BCUT2D eigenvalue weighted by Crippen LogP contribution is -2.28. The Labute approximate surface area is 123 Å². The van der Waals surface area contributed by atoms with Crippen molar-refractivity contribution in [3.8, 4) is 0 Å². The standard InChI is InChI=1S/C14H12BrN3S/c15-12-5-7-19-14(12)13(18-16)10-3-1-2-9-4-6-17-8-11(9)10/h1-8,13,18H,16H2. The number of hydrogen-bond acceptors (Lipinski definition) is 4. The van der Waals surface area contributed by atoms with Gasteiger partial charge in [0, 0.05) is 27.1 Å². The number of hydrazine groups is 1. The smallest absolute Gasteiger partial charge is 0.0820 e. The molecule has 3 N–H and O–H groups in total. The van der Waals surface area contributed by atoms with Crippen molar-refractivity contribution in [2.75, 3.05) is 0 Å². The number of aromatic nitrogens is 1. The highest BCUT2D eigenvalue weighted by Gasteiger charge is 2.18. The first-order valence-corrected chi connectivity index (χ1v) is 7.50. The molecule has 0 aliphatic rings. The van der Waals surface area contributed by atoms with Crippen LogP contribution in [0.15, 0.2) is 52.6 Å². The highest BCUT2D eigenvalue weighted by Crippen LogP contribution is 2.35. The van der Waals surface area contributed by atoms with Crippen molar-refractivity contribution in [1.82, 2.24) is 10.4 Å². The lowest BCUT2D eigenvalue weighted by Gasteiger charge is -2.17. The fourth-order valence-electron chi connectivity index (χ4n) is 2.21. The van der Waals surface area contributed by atoms with E-state index in [1.54, 1.807) is 17.5 Å². The average molecular weight is 334 g/mol. The Morgan fingerprint density at radius 2 is 2.16 bits per heavy atom. The molecule has 0 aliphatic carbocycles. The number of thiophene rings is 1. The summed E-state index contributed by atoms with van der Waals surface area (Å²) in [7, 11) is 0. The van der Waals surface area contributed by atoms with Gasteiger partial charge in [-0.2, -0.15) is 0 Å². The van der Waals surface area contributed by atoms with E-state index in [4.69, 9.17) is 5.84 Å². The maximum absolute atomic E-state index is 5.77. The minimum absolute atomic E-state index is 0.0396. The van der Waals surface area contributed by atoms with E-state index in [-0.39, 0.29) is 6.04 Å². The highest BCUT2D eigenvalue weighted by atomic mass is 79.9. The third-order valence-corrected chi connectivity index (χ3v) is 5.04. The van der Waals surface area contributed by atoms with Crippen LogP contribution in [0.2, 0.25) is 0 Å². The summed E-state index contributed by atoms with van der Waals surface area (Å²) in [6.07, 6.45) is 3.69. The summed E-state index contributed by atoms with van der Waals surface area (Å²) < 4.78 is 1.07. The number of nitrogens with one attached hydrogen (secondary N) is 1.